The highest BCUT2D eigenvalue weighted by Crippen LogP contribution is 2.24. The van der Waals surface area contributed by atoms with Crippen LogP contribution in [0, 0.1) is 11.3 Å². The van der Waals surface area contributed by atoms with Crippen molar-refractivity contribution in [1.29, 1.82) is 5.26 Å². The SMILES string of the molecule is CC.COC(=O)COc1cccc(Cn2cc(-c3cc(-c4cccc(C#N)c4)nc(N)n3)nn2)c1. The highest BCUT2D eigenvalue weighted by molar-refractivity contribution is 5.71. The fraction of sp³-hybridized carbons (Fsp3) is 0.200. The van der Waals surface area contributed by atoms with E-state index in [-0.39, 0.29) is 12.6 Å². The van der Waals surface area contributed by atoms with Crippen LogP contribution in [0.4, 0.5) is 5.95 Å². The number of nitrogens with zero attached hydrogens (tertiary/aromatic N) is 6. The largest absolute Gasteiger partial charge is 0.482 e. The predicted octanol–water partition coefficient (Wildman–Crippen LogP) is 3.48. The standard InChI is InChI=1S/C23H19N7O3.C2H6/c1-32-22(31)14-33-18-7-3-5-16(9-18)12-30-13-21(28-29-30)20-10-19(26-23(25)27-20)17-6-2-4-15(8-17)11-24;1-2/h2-10,13H,12,14H2,1H3,(H2,25,26,27);1-2H3. The maximum Gasteiger partial charge on any atom is 0.343 e. The van der Waals surface area contributed by atoms with Crippen molar-refractivity contribution in [2.24, 2.45) is 0 Å². The normalized spacial score (nSPS) is 10.0. The molecule has 178 valence electrons. The molecule has 0 amide bonds. The zero-order valence-corrected chi connectivity index (χ0v) is 19.7. The minimum atomic E-state index is -0.454. The van der Waals surface area contributed by atoms with Gasteiger partial charge in [0, 0.05) is 5.56 Å². The van der Waals surface area contributed by atoms with E-state index in [4.69, 9.17) is 15.7 Å². The summed E-state index contributed by atoms with van der Waals surface area (Å²) in [6, 6.07) is 18.3. The fourth-order valence-electron chi connectivity index (χ4n) is 3.11. The smallest absolute Gasteiger partial charge is 0.343 e. The number of benzene rings is 2. The molecule has 4 rings (SSSR count). The highest BCUT2D eigenvalue weighted by Gasteiger charge is 2.12. The van der Waals surface area contributed by atoms with Gasteiger partial charge in [0.15, 0.2) is 6.61 Å². The molecule has 35 heavy (non-hydrogen) atoms. The number of anilines is 1. The quantitative estimate of drug-likeness (QED) is 0.401. The number of esters is 1. The minimum absolute atomic E-state index is 0.0925. The van der Waals surface area contributed by atoms with E-state index in [9.17, 15) is 4.79 Å². The third-order valence-corrected chi connectivity index (χ3v) is 4.66. The van der Waals surface area contributed by atoms with E-state index >= 15 is 0 Å². The lowest BCUT2D eigenvalue weighted by molar-refractivity contribution is -0.142. The van der Waals surface area contributed by atoms with E-state index in [0.29, 0.717) is 34.9 Å². The number of nitriles is 1. The van der Waals surface area contributed by atoms with Crippen molar-refractivity contribution in [3.8, 4) is 34.5 Å². The van der Waals surface area contributed by atoms with Crippen molar-refractivity contribution in [2.75, 3.05) is 19.5 Å². The number of carbonyl (C=O) groups is 1. The Bertz CT molecular complexity index is 1340. The summed E-state index contributed by atoms with van der Waals surface area (Å²) in [4.78, 5) is 19.8. The molecule has 0 aliphatic carbocycles. The van der Waals surface area contributed by atoms with E-state index in [1.54, 1.807) is 41.2 Å². The van der Waals surface area contributed by atoms with Gasteiger partial charge < -0.3 is 15.2 Å². The Kier molecular flexibility index (Phi) is 8.45. The Morgan fingerprint density at radius 3 is 2.60 bits per heavy atom. The Hall–Kier alpha value is -4.78. The van der Waals surface area contributed by atoms with Crippen LogP contribution in [0.25, 0.3) is 22.6 Å². The Morgan fingerprint density at radius 1 is 1.06 bits per heavy atom. The summed E-state index contributed by atoms with van der Waals surface area (Å²) < 4.78 is 11.7. The monoisotopic (exact) mass is 471 g/mol. The van der Waals surface area contributed by atoms with Crippen molar-refractivity contribution in [3.05, 3.63) is 71.9 Å². The zero-order valence-electron chi connectivity index (χ0n) is 19.7. The van der Waals surface area contributed by atoms with Gasteiger partial charge in [-0.3, -0.25) is 0 Å². The van der Waals surface area contributed by atoms with Crippen molar-refractivity contribution in [2.45, 2.75) is 20.4 Å². The molecule has 0 fully saturated rings. The van der Waals surface area contributed by atoms with Gasteiger partial charge in [-0.1, -0.05) is 43.3 Å². The molecule has 0 saturated heterocycles. The molecule has 0 spiro atoms. The topological polar surface area (TPSA) is 142 Å². The van der Waals surface area contributed by atoms with E-state index in [1.807, 2.05) is 38.1 Å². The van der Waals surface area contributed by atoms with Crippen LogP contribution in [0.5, 0.6) is 5.75 Å². The van der Waals surface area contributed by atoms with Crippen LogP contribution < -0.4 is 10.5 Å². The molecule has 0 bridgehead atoms. The molecule has 2 aromatic heterocycles. The maximum atomic E-state index is 11.3. The van der Waals surface area contributed by atoms with Crippen LogP contribution in [0.15, 0.2) is 60.8 Å². The first-order chi connectivity index (χ1) is 17.0. The molecule has 0 saturated carbocycles. The Labute approximate surface area is 203 Å². The summed E-state index contributed by atoms with van der Waals surface area (Å²) in [5.41, 5.74) is 9.73. The first-order valence-corrected chi connectivity index (χ1v) is 10.9. The average Bonchev–Trinajstić information content (AvgIpc) is 3.37. The Balaban J connectivity index is 0.00000167. The van der Waals surface area contributed by atoms with Gasteiger partial charge in [-0.25, -0.2) is 19.4 Å². The third-order valence-electron chi connectivity index (χ3n) is 4.66. The number of hydrogen-bond donors (Lipinski definition) is 1. The van der Waals surface area contributed by atoms with Crippen molar-refractivity contribution in [1.82, 2.24) is 25.0 Å². The second-order valence-corrected chi connectivity index (χ2v) is 7.00. The lowest BCUT2D eigenvalue weighted by atomic mass is 10.1. The average molecular weight is 472 g/mol. The van der Waals surface area contributed by atoms with Crippen LogP contribution >= 0.6 is 0 Å². The molecular formula is C25H25N7O3. The van der Waals surface area contributed by atoms with Crippen molar-refractivity contribution >= 4 is 11.9 Å². The van der Waals surface area contributed by atoms with Crippen LogP contribution in [-0.2, 0) is 16.1 Å². The molecule has 0 radical (unpaired) electrons. The number of ether oxygens (including phenoxy) is 2. The van der Waals surface area contributed by atoms with Gasteiger partial charge in [-0.15, -0.1) is 5.10 Å². The number of methoxy groups -OCH3 is 1. The van der Waals surface area contributed by atoms with Crippen LogP contribution in [0.2, 0.25) is 0 Å². The second kappa shape index (κ2) is 11.9. The molecular weight excluding hydrogens is 446 g/mol. The van der Waals surface area contributed by atoms with Gasteiger partial charge >= 0.3 is 5.97 Å². The molecule has 10 nitrogen and oxygen atoms in total. The molecule has 2 heterocycles. The number of nitrogen functional groups attached to an aromatic ring is 1. The summed E-state index contributed by atoms with van der Waals surface area (Å²) >= 11 is 0. The fourth-order valence-corrected chi connectivity index (χ4v) is 3.11. The molecule has 0 atom stereocenters. The maximum absolute atomic E-state index is 11.3. The molecule has 2 aromatic carbocycles. The lowest BCUT2D eigenvalue weighted by Crippen LogP contribution is -2.12. The zero-order chi connectivity index (χ0) is 25.2. The number of carbonyl (C=O) groups excluding carboxylic acids is 1. The van der Waals surface area contributed by atoms with Gasteiger partial charge in [-0.2, -0.15) is 5.26 Å². The predicted molar refractivity (Wildman–Crippen MR) is 130 cm³/mol. The second-order valence-electron chi connectivity index (χ2n) is 7.00. The van der Waals surface area contributed by atoms with E-state index in [0.717, 1.165) is 11.1 Å². The summed E-state index contributed by atoms with van der Waals surface area (Å²) in [5, 5.41) is 17.5. The summed E-state index contributed by atoms with van der Waals surface area (Å²) in [6.07, 6.45) is 1.75. The summed E-state index contributed by atoms with van der Waals surface area (Å²) in [6.45, 7) is 4.27. The first kappa shape index (κ1) is 24.9. The summed E-state index contributed by atoms with van der Waals surface area (Å²) in [5.74, 6) is 0.185. The summed E-state index contributed by atoms with van der Waals surface area (Å²) in [7, 11) is 1.31. The number of nitrogens with two attached hydrogens (primary N) is 1. The number of hydrogen-bond acceptors (Lipinski definition) is 9. The van der Waals surface area contributed by atoms with E-state index < -0.39 is 5.97 Å². The third kappa shape index (κ3) is 6.61. The van der Waals surface area contributed by atoms with Crippen molar-refractivity contribution in [3.63, 3.8) is 0 Å². The van der Waals surface area contributed by atoms with E-state index in [1.165, 1.54) is 7.11 Å². The van der Waals surface area contributed by atoms with Crippen molar-refractivity contribution < 1.29 is 14.3 Å². The number of aromatic nitrogens is 5. The van der Waals surface area contributed by atoms with Gasteiger partial charge in [0.1, 0.15) is 11.4 Å². The van der Waals surface area contributed by atoms with Crippen LogP contribution in [0.1, 0.15) is 25.0 Å². The highest BCUT2D eigenvalue weighted by atomic mass is 16.6. The van der Waals surface area contributed by atoms with E-state index in [2.05, 4.69) is 31.1 Å². The Morgan fingerprint density at radius 2 is 1.83 bits per heavy atom. The minimum Gasteiger partial charge on any atom is -0.482 e. The van der Waals surface area contributed by atoms with Crippen LogP contribution in [0.3, 0.4) is 0 Å². The number of rotatable bonds is 7. The molecule has 0 aliphatic rings. The van der Waals surface area contributed by atoms with Gasteiger partial charge in [0.2, 0.25) is 5.95 Å². The van der Waals surface area contributed by atoms with Crippen LogP contribution in [-0.4, -0.2) is 44.6 Å². The molecule has 10 heteroatoms. The molecule has 0 unspecified atom stereocenters. The first-order valence-electron chi connectivity index (χ1n) is 10.9. The van der Waals surface area contributed by atoms with Gasteiger partial charge in [0.25, 0.3) is 0 Å². The molecule has 2 N–H and O–H groups in total. The molecule has 4 aromatic rings. The van der Waals surface area contributed by atoms with Gasteiger partial charge in [0.05, 0.1) is 42.9 Å². The van der Waals surface area contributed by atoms with Gasteiger partial charge in [-0.05, 0) is 35.9 Å². The lowest BCUT2D eigenvalue weighted by Gasteiger charge is -2.07. The molecule has 0 aliphatic heterocycles.